The third-order valence-electron chi connectivity index (χ3n) is 5.53. The fraction of sp³-hybridized carbons (Fsp3) is 0.500. The van der Waals surface area contributed by atoms with Crippen LogP contribution >= 0.6 is 69.6 Å². The molecule has 2 aliphatic rings. The Kier molecular flexibility index (Phi) is 53.7. The van der Waals surface area contributed by atoms with Gasteiger partial charge < -0.3 is 34.6 Å². The molecule has 4 aromatic rings. The van der Waals surface area contributed by atoms with Crippen molar-refractivity contribution in [2.24, 2.45) is 0 Å². The predicted octanol–water partition coefficient (Wildman–Crippen LogP) is 15.8. The van der Waals surface area contributed by atoms with Crippen molar-refractivity contribution in [3.63, 3.8) is 0 Å². The summed E-state index contributed by atoms with van der Waals surface area (Å²) >= 11 is 9.60. The van der Waals surface area contributed by atoms with Crippen molar-refractivity contribution in [2.75, 3.05) is 26.3 Å². The van der Waals surface area contributed by atoms with Crippen LogP contribution in [-0.2, 0) is 14.2 Å². The van der Waals surface area contributed by atoms with E-state index in [0.29, 0.717) is 0 Å². The molecule has 0 unspecified atom stereocenters. The third kappa shape index (κ3) is 38.4. The van der Waals surface area contributed by atoms with Gasteiger partial charge in [-0.1, -0.05) is 201 Å². The van der Waals surface area contributed by atoms with Gasteiger partial charge in [-0.25, -0.2) is 0 Å². The van der Waals surface area contributed by atoms with Crippen LogP contribution in [0.25, 0.3) is 0 Å². The first-order chi connectivity index (χ1) is 28.5. The van der Waals surface area contributed by atoms with Crippen LogP contribution in [0, 0.1) is 0 Å². The van der Waals surface area contributed by atoms with Crippen LogP contribution in [0.5, 0.6) is 0 Å². The van der Waals surface area contributed by atoms with Gasteiger partial charge in [0.1, 0.15) is 0 Å². The molecule has 0 spiro atoms. The minimum Gasteiger partial charge on any atom is -0.366 e. The summed E-state index contributed by atoms with van der Waals surface area (Å²) < 4.78 is 13.3. The predicted molar refractivity (Wildman–Crippen MR) is 277 cm³/mol. The number of hydrogen-bond acceptors (Lipinski definition) is 11. The zero-order valence-electron chi connectivity index (χ0n) is 40.8. The molecule has 7 nitrogen and oxygen atoms in total. The van der Waals surface area contributed by atoms with Crippen molar-refractivity contribution >= 4 is 69.6 Å². The summed E-state index contributed by atoms with van der Waals surface area (Å²) in [5, 5.41) is 33.4. The summed E-state index contributed by atoms with van der Waals surface area (Å²) in [5.41, 5.74) is 0. The Balaban J connectivity index is -0.000000148. The monoisotopic (exact) mass is 1030 g/mol. The lowest BCUT2D eigenvalue weighted by Crippen LogP contribution is -2.28. The molecule has 60 heavy (non-hydrogen) atoms. The largest absolute Gasteiger partial charge is 0.366 e. The van der Waals surface area contributed by atoms with Gasteiger partial charge >= 0.3 is 0 Å². The molecule has 348 valence electrons. The number of aliphatic hydroxyl groups is 4. The number of rotatable bonds is 3. The van der Waals surface area contributed by atoms with Crippen LogP contribution in [0.4, 0.5) is 0 Å². The van der Waals surface area contributed by atoms with Gasteiger partial charge in [-0.15, -0.1) is 0 Å². The van der Waals surface area contributed by atoms with E-state index in [0.717, 1.165) is 0 Å². The highest BCUT2D eigenvalue weighted by molar-refractivity contribution is 14.1. The van der Waals surface area contributed by atoms with E-state index in [1.54, 1.807) is 13.8 Å². The van der Waals surface area contributed by atoms with Crippen molar-refractivity contribution in [3.8, 4) is 0 Å². The number of hydrogen-bond donors (Lipinski definition) is 4. The molecule has 2 heterocycles. The highest BCUT2D eigenvalue weighted by Crippen LogP contribution is 2.48. The fourth-order valence-corrected chi connectivity index (χ4v) is 7.50. The number of halogens is 1. The van der Waals surface area contributed by atoms with Gasteiger partial charge in [0.25, 0.3) is 5.97 Å². The van der Waals surface area contributed by atoms with Crippen molar-refractivity contribution < 1.29 is 34.6 Å². The average molecular weight is 1030 g/mol. The van der Waals surface area contributed by atoms with Gasteiger partial charge in [0, 0.05) is 67.4 Å². The van der Waals surface area contributed by atoms with E-state index in [1.807, 2.05) is 135 Å². The third-order valence-corrected chi connectivity index (χ3v) is 10.7. The van der Waals surface area contributed by atoms with E-state index < -0.39 is 17.5 Å². The molecule has 0 fully saturated rings. The molecule has 4 aromatic carbocycles. The molecule has 0 aromatic heterocycles. The molecule has 0 radical (unpaired) electrons. The Hall–Kier alpha value is -1.27. The molecule has 0 atom stereocenters. The van der Waals surface area contributed by atoms with Crippen LogP contribution in [0.2, 0.25) is 0 Å². The molecule has 12 heteroatoms. The van der Waals surface area contributed by atoms with Gasteiger partial charge in [-0.05, 0) is 81.2 Å². The molecular weight excluding hydrogens is 944 g/mol. The number of benzene rings is 4. The molecule has 0 saturated heterocycles. The maximum atomic E-state index is 8.69. The van der Waals surface area contributed by atoms with Crippen molar-refractivity contribution in [2.45, 2.75) is 174 Å². The second-order valence-corrected chi connectivity index (χ2v) is 15.0. The lowest BCUT2D eigenvalue weighted by molar-refractivity contribution is -0.326. The van der Waals surface area contributed by atoms with E-state index in [4.69, 9.17) is 20.4 Å². The fourth-order valence-electron chi connectivity index (χ4n) is 3.03. The van der Waals surface area contributed by atoms with E-state index in [1.165, 1.54) is 81.3 Å². The smallest absolute Gasteiger partial charge is 0.276 e. The first kappa shape index (κ1) is 70.4. The SMILES string of the molecule is CC.CC.CC.CC.CC.CC.CC(C)(O)O.CI.COC(C)(C)O.COC(C)(O)OC.c1ccc2c(c1)Sc1ccccc1S2.c1ccc2c(c1)Sc1ccccc1S2. The lowest BCUT2D eigenvalue weighted by atomic mass is 10.3. The average Bonchev–Trinajstić information content (AvgIpc) is 3.29. The minimum absolute atomic E-state index is 0.958. The lowest BCUT2D eigenvalue weighted by Gasteiger charge is -2.17. The zero-order valence-corrected chi connectivity index (χ0v) is 46.2. The summed E-state index contributed by atoms with van der Waals surface area (Å²) in [6.45, 7) is 31.2. The van der Waals surface area contributed by atoms with Gasteiger partial charge in [0.15, 0.2) is 11.6 Å². The zero-order chi connectivity index (χ0) is 48.4. The van der Waals surface area contributed by atoms with Gasteiger partial charge in [-0.2, -0.15) is 0 Å². The second-order valence-electron chi connectivity index (χ2n) is 10.6. The standard InChI is InChI=1S/2C12H8S2.C4H10O3.C4H10O2.C3H8O2.6C2H6.CH3I/c2*1-2-6-10-9(5-1)13-11-7-3-4-8-12(11)14-10;1-4(5,6-2)7-3;1-4(2,5)6-3;1-3(2,4)5;7*1-2/h2*1-8H;5H,1-3H3;5H,1-3H3;4-5H,1-2H3;6*1-2H3;1H3. The number of fused-ring (bicyclic) bond motifs is 4. The highest BCUT2D eigenvalue weighted by atomic mass is 127. The summed E-state index contributed by atoms with van der Waals surface area (Å²) in [7, 11) is 4.19. The van der Waals surface area contributed by atoms with Gasteiger partial charge in [0.2, 0.25) is 0 Å². The molecule has 6 rings (SSSR count). The van der Waals surface area contributed by atoms with Crippen molar-refractivity contribution in [3.05, 3.63) is 97.1 Å². The van der Waals surface area contributed by atoms with Crippen LogP contribution in [0.1, 0.15) is 118 Å². The Morgan fingerprint density at radius 1 is 0.350 bits per heavy atom. The maximum Gasteiger partial charge on any atom is 0.276 e. The number of methoxy groups -OCH3 is 3. The topological polar surface area (TPSA) is 109 Å². The summed E-state index contributed by atoms with van der Waals surface area (Å²) in [5.74, 6) is -3.88. The van der Waals surface area contributed by atoms with E-state index in [-0.39, 0.29) is 0 Å². The summed E-state index contributed by atoms with van der Waals surface area (Å²) in [6, 6.07) is 34.2. The molecule has 0 aliphatic carbocycles. The van der Waals surface area contributed by atoms with Gasteiger partial charge in [0.05, 0.1) is 0 Å². The van der Waals surface area contributed by atoms with Crippen molar-refractivity contribution in [1.82, 2.24) is 0 Å². The van der Waals surface area contributed by atoms with E-state index in [9.17, 15) is 0 Å². The highest BCUT2D eigenvalue weighted by Gasteiger charge is 2.17. The second kappa shape index (κ2) is 45.7. The first-order valence-electron chi connectivity index (χ1n) is 20.6. The summed E-state index contributed by atoms with van der Waals surface area (Å²) in [6.07, 6.45) is 0. The van der Waals surface area contributed by atoms with Crippen LogP contribution < -0.4 is 0 Å². The van der Waals surface area contributed by atoms with Gasteiger partial charge in [-0.3, -0.25) is 0 Å². The Morgan fingerprint density at radius 3 is 0.533 bits per heavy atom. The minimum atomic E-state index is -1.50. The normalized spacial score (nSPS) is 10.4. The number of ether oxygens (including phenoxy) is 3. The Morgan fingerprint density at radius 2 is 0.467 bits per heavy atom. The summed E-state index contributed by atoms with van der Waals surface area (Å²) in [4.78, 5) is 12.9. The molecular formula is C48H83IO7S4. The Labute approximate surface area is 399 Å². The van der Waals surface area contributed by atoms with Crippen LogP contribution in [-0.4, -0.2) is 64.2 Å². The molecule has 4 N–H and O–H groups in total. The van der Waals surface area contributed by atoms with E-state index >= 15 is 0 Å². The quantitative estimate of drug-likeness (QED) is 0.0773. The maximum absolute atomic E-state index is 8.69. The Bertz CT molecular complexity index is 1220. The molecule has 0 bridgehead atoms. The molecule has 2 aliphatic heterocycles. The van der Waals surface area contributed by atoms with Crippen LogP contribution in [0.15, 0.2) is 136 Å². The van der Waals surface area contributed by atoms with Crippen LogP contribution in [0.3, 0.4) is 0 Å². The molecule has 0 amide bonds. The molecule has 0 saturated carbocycles. The first-order valence-corrected chi connectivity index (χ1v) is 26.0. The van der Waals surface area contributed by atoms with E-state index in [2.05, 4.69) is 134 Å². The number of alkyl halides is 1. The van der Waals surface area contributed by atoms with Crippen molar-refractivity contribution in [1.29, 1.82) is 0 Å².